The van der Waals surface area contributed by atoms with Crippen molar-refractivity contribution in [3.63, 3.8) is 0 Å². The van der Waals surface area contributed by atoms with Crippen LogP contribution in [0.5, 0.6) is 0 Å². The molecule has 0 saturated heterocycles. The zero-order valence-electron chi connectivity index (χ0n) is 8.50. The van der Waals surface area contributed by atoms with Gasteiger partial charge < -0.3 is 5.32 Å². The summed E-state index contributed by atoms with van der Waals surface area (Å²) in [7, 11) is 0.105. The molecule has 5 nitrogen and oxygen atoms in total. The van der Waals surface area contributed by atoms with Crippen molar-refractivity contribution in [2.75, 3.05) is 33.7 Å². The van der Waals surface area contributed by atoms with Crippen molar-refractivity contribution in [2.24, 2.45) is 0 Å². The highest BCUT2D eigenvalue weighted by molar-refractivity contribution is 7.87. The normalized spacial score (nSPS) is 12.3. The number of rotatable bonds is 7. The molecule has 0 aromatic rings. The van der Waals surface area contributed by atoms with E-state index in [0.717, 1.165) is 6.42 Å². The molecule has 0 amide bonds. The lowest BCUT2D eigenvalue weighted by Gasteiger charge is -2.16. The van der Waals surface area contributed by atoms with Crippen LogP contribution in [0.1, 0.15) is 13.3 Å². The summed E-state index contributed by atoms with van der Waals surface area (Å²) in [6.45, 7) is 3.56. The minimum atomic E-state index is -3.25. The van der Waals surface area contributed by atoms with Crippen LogP contribution in [0.25, 0.3) is 0 Å². The first kappa shape index (κ1) is 12.8. The van der Waals surface area contributed by atoms with Crippen LogP contribution in [0, 0.1) is 0 Å². The smallest absolute Gasteiger partial charge is 0.279 e. The Bertz CT molecular complexity index is 216. The van der Waals surface area contributed by atoms with Crippen LogP contribution < -0.4 is 10.0 Å². The van der Waals surface area contributed by atoms with Gasteiger partial charge in [-0.05, 0) is 13.5 Å². The maximum Gasteiger partial charge on any atom is 0.279 e. The van der Waals surface area contributed by atoms with E-state index in [0.29, 0.717) is 19.6 Å². The summed E-state index contributed by atoms with van der Waals surface area (Å²) in [5.74, 6) is 0. The van der Waals surface area contributed by atoms with E-state index in [2.05, 4.69) is 10.0 Å². The third-order valence-electron chi connectivity index (χ3n) is 1.62. The summed E-state index contributed by atoms with van der Waals surface area (Å²) in [6, 6.07) is 0. The summed E-state index contributed by atoms with van der Waals surface area (Å²) < 4.78 is 26.6. The molecule has 80 valence electrons. The zero-order valence-corrected chi connectivity index (χ0v) is 9.32. The number of likely N-dealkylation sites (N-methyl/N-ethyl adjacent to an activating group) is 2. The van der Waals surface area contributed by atoms with Crippen molar-refractivity contribution in [1.29, 1.82) is 0 Å². The first-order valence-electron chi connectivity index (χ1n) is 4.40. The average Bonchev–Trinajstić information content (AvgIpc) is 2.10. The van der Waals surface area contributed by atoms with Crippen LogP contribution in [0.4, 0.5) is 0 Å². The summed E-state index contributed by atoms with van der Waals surface area (Å²) in [5.41, 5.74) is 0. The van der Waals surface area contributed by atoms with Crippen molar-refractivity contribution >= 4 is 10.2 Å². The van der Waals surface area contributed by atoms with Crippen molar-refractivity contribution in [3.8, 4) is 0 Å². The van der Waals surface area contributed by atoms with E-state index in [-0.39, 0.29) is 0 Å². The largest absolute Gasteiger partial charge is 0.318 e. The van der Waals surface area contributed by atoms with Gasteiger partial charge in [-0.25, -0.2) is 4.72 Å². The van der Waals surface area contributed by atoms with E-state index >= 15 is 0 Å². The lowest BCUT2D eigenvalue weighted by molar-refractivity contribution is 0.455. The molecular formula is C7H19N3O2S. The highest BCUT2D eigenvalue weighted by Gasteiger charge is 2.14. The van der Waals surface area contributed by atoms with Crippen molar-refractivity contribution in [3.05, 3.63) is 0 Å². The zero-order chi connectivity index (χ0) is 10.3. The summed E-state index contributed by atoms with van der Waals surface area (Å²) >= 11 is 0. The molecule has 0 heterocycles. The fourth-order valence-corrected chi connectivity index (χ4v) is 1.74. The molecule has 0 fully saturated rings. The van der Waals surface area contributed by atoms with E-state index < -0.39 is 10.2 Å². The Labute approximate surface area is 80.7 Å². The van der Waals surface area contributed by atoms with E-state index in [1.54, 1.807) is 14.1 Å². The molecule has 0 spiro atoms. The number of nitrogens with zero attached hydrogens (tertiary/aromatic N) is 1. The molecule has 0 bridgehead atoms. The molecule has 0 aromatic carbocycles. The van der Waals surface area contributed by atoms with E-state index in [1.165, 1.54) is 4.31 Å². The minimum absolute atomic E-state index is 0.482. The maximum atomic E-state index is 11.4. The van der Waals surface area contributed by atoms with Crippen molar-refractivity contribution in [1.82, 2.24) is 14.3 Å². The van der Waals surface area contributed by atoms with Crippen LogP contribution >= 0.6 is 0 Å². The SMILES string of the molecule is CCCNS(=O)(=O)N(C)CCNC. The molecule has 13 heavy (non-hydrogen) atoms. The van der Waals surface area contributed by atoms with Gasteiger partial charge in [0.1, 0.15) is 0 Å². The molecule has 2 N–H and O–H groups in total. The third-order valence-corrected chi connectivity index (χ3v) is 3.19. The summed E-state index contributed by atoms with van der Waals surface area (Å²) in [5, 5.41) is 2.89. The lowest BCUT2D eigenvalue weighted by Crippen LogP contribution is -2.41. The molecule has 6 heteroatoms. The topological polar surface area (TPSA) is 61.4 Å². The molecule has 0 aliphatic rings. The van der Waals surface area contributed by atoms with Gasteiger partial charge in [-0.2, -0.15) is 12.7 Å². The van der Waals surface area contributed by atoms with Gasteiger partial charge in [-0.1, -0.05) is 6.92 Å². The van der Waals surface area contributed by atoms with Crippen LogP contribution in [0.2, 0.25) is 0 Å². The Kier molecular flexibility index (Phi) is 6.23. The first-order chi connectivity index (χ1) is 6.04. The van der Waals surface area contributed by atoms with Gasteiger partial charge >= 0.3 is 0 Å². The van der Waals surface area contributed by atoms with Crippen LogP contribution in [-0.2, 0) is 10.2 Å². The molecule has 0 rings (SSSR count). The fraction of sp³-hybridized carbons (Fsp3) is 1.00. The third kappa shape index (κ3) is 5.20. The minimum Gasteiger partial charge on any atom is -0.318 e. The second-order valence-electron chi connectivity index (χ2n) is 2.82. The molecule has 0 radical (unpaired) electrons. The van der Waals surface area contributed by atoms with Crippen LogP contribution in [0.3, 0.4) is 0 Å². The fourth-order valence-electron chi connectivity index (χ4n) is 0.731. The Morgan fingerprint density at radius 2 is 1.92 bits per heavy atom. The van der Waals surface area contributed by atoms with E-state index in [9.17, 15) is 8.42 Å². The Morgan fingerprint density at radius 1 is 1.31 bits per heavy atom. The molecule has 0 aliphatic carbocycles. The Morgan fingerprint density at radius 3 is 2.38 bits per heavy atom. The van der Waals surface area contributed by atoms with E-state index in [1.807, 2.05) is 6.92 Å². The van der Waals surface area contributed by atoms with Gasteiger partial charge in [0.2, 0.25) is 0 Å². The van der Waals surface area contributed by atoms with Gasteiger partial charge in [0.05, 0.1) is 0 Å². The second kappa shape index (κ2) is 6.31. The van der Waals surface area contributed by atoms with Gasteiger partial charge in [0.25, 0.3) is 10.2 Å². The first-order valence-corrected chi connectivity index (χ1v) is 5.84. The van der Waals surface area contributed by atoms with Gasteiger partial charge in [-0.3, -0.25) is 0 Å². The predicted octanol–water partition coefficient (Wildman–Crippen LogP) is -0.618. The van der Waals surface area contributed by atoms with Gasteiger partial charge in [0, 0.05) is 26.7 Å². The Hall–Kier alpha value is -0.170. The monoisotopic (exact) mass is 209 g/mol. The molecule has 0 saturated carbocycles. The molecule has 0 atom stereocenters. The quantitative estimate of drug-likeness (QED) is 0.587. The van der Waals surface area contributed by atoms with Crippen LogP contribution in [-0.4, -0.2) is 46.5 Å². The standard InChI is InChI=1S/C7H19N3O2S/c1-4-5-9-13(11,12)10(3)7-6-8-2/h8-9H,4-7H2,1-3H3. The summed E-state index contributed by atoms with van der Waals surface area (Å²) in [6.07, 6.45) is 0.805. The van der Waals surface area contributed by atoms with Gasteiger partial charge in [-0.15, -0.1) is 0 Å². The van der Waals surface area contributed by atoms with E-state index in [4.69, 9.17) is 0 Å². The van der Waals surface area contributed by atoms with Crippen molar-refractivity contribution < 1.29 is 8.42 Å². The highest BCUT2D eigenvalue weighted by Crippen LogP contribution is 1.91. The molecule has 0 unspecified atom stereocenters. The average molecular weight is 209 g/mol. The number of nitrogens with one attached hydrogen (secondary N) is 2. The van der Waals surface area contributed by atoms with Gasteiger partial charge in [0.15, 0.2) is 0 Å². The van der Waals surface area contributed by atoms with Crippen LogP contribution in [0.15, 0.2) is 0 Å². The molecule has 0 aromatic heterocycles. The number of hydrogen-bond acceptors (Lipinski definition) is 3. The summed E-state index contributed by atoms with van der Waals surface area (Å²) in [4.78, 5) is 0. The maximum absolute atomic E-state index is 11.4. The molecular weight excluding hydrogens is 190 g/mol. The molecule has 0 aliphatic heterocycles. The highest BCUT2D eigenvalue weighted by atomic mass is 32.2. The predicted molar refractivity (Wildman–Crippen MR) is 53.8 cm³/mol. The lowest BCUT2D eigenvalue weighted by atomic mass is 10.5. The second-order valence-corrected chi connectivity index (χ2v) is 4.69. The number of hydrogen-bond donors (Lipinski definition) is 2. The Balaban J connectivity index is 3.96. The van der Waals surface area contributed by atoms with Crippen molar-refractivity contribution in [2.45, 2.75) is 13.3 Å².